The number of unbranched alkanes of at least 4 members (excludes halogenated alkanes) is 3. The van der Waals surface area contributed by atoms with Gasteiger partial charge < -0.3 is 31.5 Å². The minimum absolute atomic E-state index is 0.00270. The third-order valence-corrected chi connectivity index (χ3v) is 6.10. The topological polar surface area (TPSA) is 175 Å². The summed E-state index contributed by atoms with van der Waals surface area (Å²) in [6.07, 6.45) is 13.6. The lowest BCUT2D eigenvalue weighted by Crippen LogP contribution is -2.50. The van der Waals surface area contributed by atoms with Crippen molar-refractivity contribution in [2.24, 2.45) is 5.73 Å². The van der Waals surface area contributed by atoms with Crippen LogP contribution in [-0.2, 0) is 17.6 Å². The summed E-state index contributed by atoms with van der Waals surface area (Å²) in [5, 5.41) is 37.6. The molecular weight excluding hydrogens is 450 g/mol. The molecule has 1 unspecified atom stereocenters. The minimum Gasteiger partial charge on any atom is -0.481 e. The van der Waals surface area contributed by atoms with Crippen molar-refractivity contribution in [2.75, 3.05) is 31.7 Å². The molecule has 0 saturated carbocycles. The Morgan fingerprint density at radius 3 is 2.37 bits per heavy atom. The third-order valence-electron chi connectivity index (χ3n) is 6.10. The van der Waals surface area contributed by atoms with E-state index in [2.05, 4.69) is 27.4 Å². The van der Waals surface area contributed by atoms with Crippen LogP contribution in [0.15, 0.2) is 30.9 Å². The molecule has 0 fully saturated rings. The van der Waals surface area contributed by atoms with E-state index in [-0.39, 0.29) is 12.3 Å². The van der Waals surface area contributed by atoms with Gasteiger partial charge >= 0.3 is 5.97 Å². The van der Waals surface area contributed by atoms with Gasteiger partial charge in [0.05, 0.1) is 31.8 Å². The van der Waals surface area contributed by atoms with Gasteiger partial charge in [-0.3, -0.25) is 4.79 Å². The molecule has 10 heteroatoms. The molecule has 0 radical (unpaired) electrons. The largest absolute Gasteiger partial charge is 0.481 e. The maximum atomic E-state index is 11.1. The van der Waals surface area contributed by atoms with Crippen LogP contribution >= 0.6 is 0 Å². The quantitative estimate of drug-likeness (QED) is 0.227. The van der Waals surface area contributed by atoms with E-state index in [0.29, 0.717) is 0 Å². The Morgan fingerprint density at radius 1 is 1.06 bits per heavy atom. The number of carbonyl (C=O) groups is 1. The van der Waals surface area contributed by atoms with Gasteiger partial charge in [-0.1, -0.05) is 25.3 Å². The van der Waals surface area contributed by atoms with Gasteiger partial charge in [0.1, 0.15) is 12.1 Å². The number of aromatic nitrogens is 3. The molecule has 10 nitrogen and oxygen atoms in total. The smallest absolute Gasteiger partial charge is 0.303 e. The van der Waals surface area contributed by atoms with E-state index in [1.807, 2.05) is 0 Å². The number of aliphatic carboxylic acids is 1. The normalized spacial score (nSPS) is 13.7. The van der Waals surface area contributed by atoms with Gasteiger partial charge in [-0.15, -0.1) is 0 Å². The van der Waals surface area contributed by atoms with Crippen molar-refractivity contribution >= 4 is 11.8 Å². The van der Waals surface area contributed by atoms with Gasteiger partial charge in [0, 0.05) is 24.6 Å². The molecule has 194 valence electrons. The molecule has 0 spiro atoms. The van der Waals surface area contributed by atoms with Crippen LogP contribution in [-0.4, -0.2) is 73.3 Å². The second kappa shape index (κ2) is 15.4. The standard InChI is InChI=1S/C21H28N4O2.C4H11NO3/c26-20(27)12-17(18-13-22-15-23-14-18)6-3-1-2-4-8-19-10-9-16-7-5-11-24-21(16)25-19;5-4(1-6,2-7)3-8/h9-10,13-15,17H,1-8,11-12H2,(H,24,25)(H,26,27);6-8H,1-3,5H2. The molecule has 1 atom stereocenters. The number of hydrogen-bond donors (Lipinski definition) is 6. The Balaban J connectivity index is 0.000000466. The second-order valence-electron chi connectivity index (χ2n) is 9.10. The van der Waals surface area contributed by atoms with Crippen LogP contribution in [0.4, 0.5) is 5.82 Å². The highest BCUT2D eigenvalue weighted by atomic mass is 16.4. The summed E-state index contributed by atoms with van der Waals surface area (Å²) in [4.78, 5) is 23.9. The number of rotatable bonds is 13. The maximum absolute atomic E-state index is 11.1. The Hall–Kier alpha value is -2.66. The fourth-order valence-electron chi connectivity index (χ4n) is 3.83. The van der Waals surface area contributed by atoms with Crippen molar-refractivity contribution in [1.29, 1.82) is 0 Å². The number of fused-ring (bicyclic) bond motifs is 1. The molecule has 2 aromatic rings. The first-order valence-corrected chi connectivity index (χ1v) is 12.2. The van der Waals surface area contributed by atoms with Gasteiger partial charge in [-0.2, -0.15) is 0 Å². The van der Waals surface area contributed by atoms with Gasteiger partial charge in [-0.25, -0.2) is 15.0 Å². The summed E-state index contributed by atoms with van der Waals surface area (Å²) in [6, 6.07) is 4.37. The number of aryl methyl sites for hydroxylation is 2. The fourth-order valence-corrected chi connectivity index (χ4v) is 3.83. The van der Waals surface area contributed by atoms with Crippen LogP contribution in [0.1, 0.15) is 67.7 Å². The number of nitrogens with one attached hydrogen (secondary N) is 1. The van der Waals surface area contributed by atoms with Crippen molar-refractivity contribution in [3.05, 3.63) is 47.7 Å². The summed E-state index contributed by atoms with van der Waals surface area (Å²) < 4.78 is 0. The molecule has 1 aliphatic heterocycles. The number of carboxylic acids is 1. The molecule has 0 saturated heterocycles. The van der Waals surface area contributed by atoms with E-state index in [4.69, 9.17) is 31.1 Å². The Bertz CT molecular complexity index is 872. The van der Waals surface area contributed by atoms with Crippen molar-refractivity contribution < 1.29 is 25.2 Å². The molecule has 0 aliphatic carbocycles. The zero-order chi connectivity index (χ0) is 25.5. The molecule has 7 N–H and O–H groups in total. The highest BCUT2D eigenvalue weighted by molar-refractivity contribution is 5.68. The average Bonchev–Trinajstić information content (AvgIpc) is 2.90. The van der Waals surface area contributed by atoms with Crippen molar-refractivity contribution in [1.82, 2.24) is 15.0 Å². The van der Waals surface area contributed by atoms with Crippen molar-refractivity contribution in [3.63, 3.8) is 0 Å². The van der Waals surface area contributed by atoms with Gasteiger partial charge in [-0.05, 0) is 55.2 Å². The molecule has 1 aliphatic rings. The van der Waals surface area contributed by atoms with Crippen LogP contribution in [0.25, 0.3) is 0 Å². The maximum Gasteiger partial charge on any atom is 0.303 e. The number of anilines is 1. The number of hydrogen-bond acceptors (Lipinski definition) is 9. The van der Waals surface area contributed by atoms with Crippen LogP contribution in [0.2, 0.25) is 0 Å². The molecule has 2 aromatic heterocycles. The summed E-state index contributed by atoms with van der Waals surface area (Å²) in [5.41, 5.74) is 7.35. The van der Waals surface area contributed by atoms with E-state index < -0.39 is 31.3 Å². The van der Waals surface area contributed by atoms with Crippen LogP contribution < -0.4 is 11.1 Å². The Kier molecular flexibility index (Phi) is 12.5. The molecule has 35 heavy (non-hydrogen) atoms. The molecule has 0 bridgehead atoms. The van der Waals surface area contributed by atoms with E-state index in [1.54, 1.807) is 12.4 Å². The highest BCUT2D eigenvalue weighted by Crippen LogP contribution is 2.25. The Labute approximate surface area is 206 Å². The summed E-state index contributed by atoms with van der Waals surface area (Å²) in [7, 11) is 0. The lowest BCUT2D eigenvalue weighted by molar-refractivity contribution is -0.137. The molecule has 0 amide bonds. The lowest BCUT2D eigenvalue weighted by atomic mass is 9.92. The second-order valence-corrected chi connectivity index (χ2v) is 9.10. The van der Waals surface area contributed by atoms with Gasteiger partial charge in [0.2, 0.25) is 0 Å². The fraction of sp³-hybridized carbons (Fsp3) is 0.600. The van der Waals surface area contributed by atoms with Crippen LogP contribution in [0.5, 0.6) is 0 Å². The molecule has 0 aromatic carbocycles. The minimum atomic E-state index is -1.21. The molecule has 3 rings (SSSR count). The lowest BCUT2D eigenvalue weighted by Gasteiger charge is -2.20. The number of nitrogens with two attached hydrogens (primary N) is 1. The zero-order valence-electron chi connectivity index (χ0n) is 20.3. The summed E-state index contributed by atoms with van der Waals surface area (Å²) >= 11 is 0. The average molecular weight is 490 g/mol. The van der Waals surface area contributed by atoms with E-state index in [0.717, 1.165) is 68.6 Å². The third kappa shape index (κ3) is 10.2. The first kappa shape index (κ1) is 28.6. The van der Waals surface area contributed by atoms with Crippen LogP contribution in [0, 0.1) is 0 Å². The van der Waals surface area contributed by atoms with Crippen molar-refractivity contribution in [3.8, 4) is 0 Å². The number of carboxylic acid groups (broad SMARTS) is 1. The summed E-state index contributed by atoms with van der Waals surface area (Å²) in [6.45, 7) is -0.187. The summed E-state index contributed by atoms with van der Waals surface area (Å²) in [5.74, 6) is 0.299. The van der Waals surface area contributed by atoms with E-state index in [9.17, 15) is 4.79 Å². The first-order valence-electron chi connectivity index (χ1n) is 12.2. The number of pyridine rings is 1. The monoisotopic (exact) mass is 489 g/mol. The van der Waals surface area contributed by atoms with Crippen LogP contribution in [0.3, 0.4) is 0 Å². The highest BCUT2D eigenvalue weighted by Gasteiger charge is 2.20. The predicted molar refractivity (Wildman–Crippen MR) is 133 cm³/mol. The zero-order valence-corrected chi connectivity index (χ0v) is 20.3. The number of nitrogens with zero attached hydrogens (tertiary/aromatic N) is 3. The first-order chi connectivity index (χ1) is 16.9. The Morgan fingerprint density at radius 2 is 1.74 bits per heavy atom. The number of aliphatic hydroxyl groups is 3. The van der Waals surface area contributed by atoms with Gasteiger partial charge in [0.25, 0.3) is 0 Å². The van der Waals surface area contributed by atoms with E-state index >= 15 is 0 Å². The SMILES string of the molecule is NC(CO)(CO)CO.O=C(O)CC(CCCCCCc1ccc2c(n1)NCCC2)c1cncnc1. The van der Waals surface area contributed by atoms with Crippen molar-refractivity contribution in [2.45, 2.75) is 69.2 Å². The molecule has 3 heterocycles. The number of aliphatic hydroxyl groups excluding tert-OH is 3. The predicted octanol–water partition coefficient (Wildman–Crippen LogP) is 1.64. The van der Waals surface area contributed by atoms with E-state index in [1.165, 1.54) is 18.3 Å². The molecular formula is C25H39N5O5. The van der Waals surface area contributed by atoms with Gasteiger partial charge in [0.15, 0.2) is 0 Å².